The Kier molecular flexibility index (Phi) is 17.2. The Hall–Kier alpha value is -16.4. The van der Waals surface area contributed by atoms with E-state index in [2.05, 4.69) is 449 Å². The van der Waals surface area contributed by atoms with Gasteiger partial charge in [-0.05, 0) is 210 Å². The van der Waals surface area contributed by atoms with Crippen molar-refractivity contribution < 1.29 is 4.42 Å². The van der Waals surface area contributed by atoms with E-state index in [1.54, 1.807) is 0 Å². The van der Waals surface area contributed by atoms with Gasteiger partial charge in [0.1, 0.15) is 17.0 Å². The van der Waals surface area contributed by atoms with Crippen LogP contribution >= 0.6 is 0 Å². The minimum atomic E-state index is -0.200. The average Bonchev–Trinajstić information content (AvgIpc) is 1.55. The van der Waals surface area contributed by atoms with Gasteiger partial charge in [0, 0.05) is 99.5 Å². The highest BCUT2D eigenvalue weighted by Gasteiger charge is 2.42. The minimum Gasteiger partial charge on any atom is -0.455 e. The van der Waals surface area contributed by atoms with Gasteiger partial charge in [-0.1, -0.05) is 327 Å². The van der Waals surface area contributed by atoms with Gasteiger partial charge in [0.05, 0.1) is 50.0 Å². The van der Waals surface area contributed by atoms with E-state index >= 15 is 0 Å². The zero-order chi connectivity index (χ0) is 86.8. The molecule has 26 rings (SSSR count). The smallest absolute Gasteiger partial charge is 0.237 e. The number of fused-ring (bicyclic) bond motifs is 20. The summed E-state index contributed by atoms with van der Waals surface area (Å²) in [6, 6.07) is 147. The Labute approximate surface area is 753 Å². The summed E-state index contributed by atoms with van der Waals surface area (Å²) < 4.78 is 11.1. The summed E-state index contributed by atoms with van der Waals surface area (Å²) in [6.07, 6.45) is 1.85. The van der Waals surface area contributed by atoms with Crippen LogP contribution in [0.4, 0.5) is 34.4 Å². The fraction of sp³-hybridized carbons (Fsp3) is 0.0744. The van der Waals surface area contributed by atoms with E-state index in [1.165, 1.54) is 105 Å². The van der Waals surface area contributed by atoms with Gasteiger partial charge in [-0.25, -0.2) is 9.97 Å². The average molecular weight is 1670 g/mol. The molecule has 23 aromatic rings. The molecule has 130 heavy (non-hydrogen) atoms. The van der Waals surface area contributed by atoms with Crippen LogP contribution in [-0.2, 0) is 16.2 Å². The summed E-state index contributed by atoms with van der Waals surface area (Å²) in [7, 11) is 0. The zero-order valence-electron chi connectivity index (χ0n) is 72.7. The molecular weight excluding hydrogens is 1580 g/mol. The topological polar surface area (TPSA) is 81.0 Å². The van der Waals surface area contributed by atoms with Crippen LogP contribution in [0.5, 0.6) is 0 Å². The van der Waals surface area contributed by atoms with E-state index in [0.717, 1.165) is 134 Å². The lowest BCUT2D eigenvalue weighted by Gasteiger charge is -2.30. The van der Waals surface area contributed by atoms with E-state index in [9.17, 15) is 0 Å². The molecule has 0 atom stereocenters. The summed E-state index contributed by atoms with van der Waals surface area (Å²) in [5, 5.41) is 7.99. The molecule has 0 fully saturated rings. The highest BCUT2D eigenvalue weighted by molar-refractivity contribution is 6.14. The molecule has 6 heterocycles. The van der Waals surface area contributed by atoms with Crippen LogP contribution in [0.3, 0.4) is 0 Å². The van der Waals surface area contributed by atoms with Crippen molar-refractivity contribution in [2.45, 2.75) is 57.8 Å². The van der Waals surface area contributed by atoms with Crippen molar-refractivity contribution in [3.05, 3.63) is 446 Å². The van der Waals surface area contributed by atoms with Crippen LogP contribution < -0.4 is 9.80 Å². The van der Waals surface area contributed by atoms with Crippen LogP contribution in [0.15, 0.2) is 417 Å². The number of furan rings is 1. The van der Waals surface area contributed by atoms with Gasteiger partial charge in [0.15, 0.2) is 5.82 Å². The van der Waals surface area contributed by atoms with Gasteiger partial charge in [-0.15, -0.1) is 0 Å². The monoisotopic (exact) mass is 1670 g/mol. The first-order valence-electron chi connectivity index (χ1n) is 44.9. The van der Waals surface area contributed by atoms with Crippen molar-refractivity contribution in [1.82, 2.24) is 29.1 Å². The van der Waals surface area contributed by atoms with E-state index in [-0.39, 0.29) is 16.2 Å². The Bertz CT molecular complexity index is 8590. The molecule has 3 aliphatic carbocycles. The van der Waals surface area contributed by atoms with Gasteiger partial charge in [0.2, 0.25) is 5.95 Å². The predicted octanol–water partition coefficient (Wildman–Crippen LogP) is 31.9. The minimum absolute atomic E-state index is 0.148. The van der Waals surface area contributed by atoms with Crippen molar-refractivity contribution in [2.75, 3.05) is 9.80 Å². The summed E-state index contributed by atoms with van der Waals surface area (Å²) in [5.41, 5.74) is 38.2. The number of rotatable bonds is 12. The molecule has 0 aliphatic heterocycles. The number of anilines is 6. The van der Waals surface area contributed by atoms with Gasteiger partial charge in [-0.2, -0.15) is 4.98 Å². The Morgan fingerprint density at radius 3 is 1.40 bits per heavy atom. The van der Waals surface area contributed by atoms with Crippen LogP contribution in [0.2, 0.25) is 0 Å². The second kappa shape index (κ2) is 29.4. The van der Waals surface area contributed by atoms with Crippen molar-refractivity contribution in [3.8, 4) is 89.5 Å². The fourth-order valence-corrected chi connectivity index (χ4v) is 21.8. The molecule has 6 aromatic heterocycles. The molecule has 0 radical (unpaired) electrons. The van der Waals surface area contributed by atoms with E-state index < -0.39 is 0 Å². The van der Waals surface area contributed by atoms with Crippen molar-refractivity contribution in [3.63, 3.8) is 0 Å². The van der Waals surface area contributed by atoms with Crippen molar-refractivity contribution >= 4 is 122 Å². The summed E-state index contributed by atoms with van der Waals surface area (Å²) >= 11 is 0. The van der Waals surface area contributed by atoms with Crippen LogP contribution in [-0.4, -0.2) is 29.1 Å². The zero-order valence-corrected chi connectivity index (χ0v) is 72.7. The molecule has 0 unspecified atom stereocenters. The van der Waals surface area contributed by atoms with Gasteiger partial charge < -0.3 is 8.98 Å². The Morgan fingerprint density at radius 2 is 0.731 bits per heavy atom. The number of nitrogens with zero attached hydrogens (tertiary/aromatic N) is 8. The van der Waals surface area contributed by atoms with Crippen LogP contribution in [0.1, 0.15) is 74.9 Å². The summed E-state index contributed by atoms with van der Waals surface area (Å²) in [4.78, 5) is 26.4. The first kappa shape index (κ1) is 76.1. The van der Waals surface area contributed by atoms with Gasteiger partial charge in [0.25, 0.3) is 0 Å². The predicted molar refractivity (Wildman–Crippen MR) is 539 cm³/mol. The maximum absolute atomic E-state index is 6.41. The number of aromatic nitrogens is 6. The van der Waals surface area contributed by atoms with Crippen molar-refractivity contribution in [2.24, 2.45) is 0 Å². The van der Waals surface area contributed by atoms with Gasteiger partial charge >= 0.3 is 0 Å². The molecule has 616 valence electrons. The largest absolute Gasteiger partial charge is 0.455 e. The molecule has 0 spiro atoms. The fourth-order valence-electron chi connectivity index (χ4n) is 21.8. The summed E-state index contributed by atoms with van der Waals surface area (Å²) in [6.45, 7) is 14.1. The lowest BCUT2D eigenvalue weighted by Crippen LogP contribution is -2.19. The third kappa shape index (κ3) is 11.8. The Balaban J connectivity index is 0.000000145. The van der Waals surface area contributed by atoms with Crippen LogP contribution in [0.25, 0.3) is 177 Å². The number of para-hydroxylation sites is 6. The summed E-state index contributed by atoms with van der Waals surface area (Å²) in [5.74, 6) is 2.27. The maximum atomic E-state index is 6.41. The lowest BCUT2D eigenvalue weighted by atomic mass is 9.82. The number of hydrogen-bond acceptors (Lipinski definition) is 7. The number of benzene rings is 17. The third-order valence-electron chi connectivity index (χ3n) is 28.1. The number of hydrogen-bond donors (Lipinski definition) is 0. The second-order valence-corrected chi connectivity index (χ2v) is 36.4. The molecule has 0 bridgehead atoms. The second-order valence-electron chi connectivity index (χ2n) is 36.4. The molecular formula is C121H86N8O. The van der Waals surface area contributed by atoms with E-state index in [4.69, 9.17) is 24.4 Å². The lowest BCUT2D eigenvalue weighted by molar-refractivity contribution is 0.660. The molecule has 3 aliphatic rings. The van der Waals surface area contributed by atoms with E-state index in [0.29, 0.717) is 5.95 Å². The first-order chi connectivity index (χ1) is 63.8. The molecule has 9 heteroatoms. The normalized spacial score (nSPS) is 13.5. The molecule has 9 nitrogen and oxygen atoms in total. The van der Waals surface area contributed by atoms with Crippen LogP contribution in [0, 0.1) is 0 Å². The van der Waals surface area contributed by atoms with Gasteiger partial charge in [-0.3, -0.25) is 19.4 Å². The number of pyridine rings is 2. The maximum Gasteiger partial charge on any atom is 0.237 e. The highest BCUT2D eigenvalue weighted by Crippen LogP contribution is 2.59. The standard InChI is InChI=1S/C68H49N5.C53H37N3O/c1-67(2)55-27-14-9-24-50(55)64-56(67)28-18-32-63(64)72(45-35-36-47-46-21-8-13-26-54(46)68(3,4)57(47)41-45)65-51-25-10-15-29-58(51)69-66(70-65)73-60-31-17-12-23-49(60)53-40-43(34-38-62(53)73)42-33-37-61-52(39-42)48-22-11-16-30-59(48)71(61)44-19-6-5-7-20-44;1-53(2)44-19-8-6-16-42(44)50-45(53)20-11-22-47(50)56(38-30-28-35(29-31-38)34-13-4-3-5-14-34)49-33-43(51-46(55-49)21-12-32-54-51)37-26-24-36(25-27-37)39-17-10-18-41-40-15-7-9-23-48(40)57-52(39)41/h5-41H,1-4H3;3-33H,1-2H3. The molecule has 0 amide bonds. The molecule has 0 N–H and O–H groups in total. The highest BCUT2D eigenvalue weighted by atomic mass is 16.3. The first-order valence-corrected chi connectivity index (χ1v) is 44.9. The third-order valence-corrected chi connectivity index (χ3v) is 28.1. The molecule has 0 saturated heterocycles. The molecule has 17 aromatic carbocycles. The SMILES string of the molecule is CC1(C)c2ccccc2-c2c(N(c3ccc(-c4ccccc4)cc3)c3cc(-c4ccc(-c5cccc6c5oc5ccccc56)cc4)c4ncccc4n3)cccc21.CC1(C)c2ccccc2-c2ccc(N(c3cccc4c3-c3ccccc3C4(C)C)c3nc(-n4c5ccccc5c5cc(-c6ccc7c(c6)c6ccccc6n7-c6ccccc6)ccc54)nc4ccccc34)cc21. The van der Waals surface area contributed by atoms with E-state index in [1.807, 2.05) is 24.4 Å². The molecule has 0 saturated carbocycles. The Morgan fingerprint density at radius 1 is 0.269 bits per heavy atom. The van der Waals surface area contributed by atoms with Crippen molar-refractivity contribution in [1.29, 1.82) is 0 Å². The quantitative estimate of drug-likeness (QED) is 0.121.